The first-order chi connectivity index (χ1) is 12.9. The summed E-state index contributed by atoms with van der Waals surface area (Å²) in [4.78, 5) is 31.5. The molecule has 0 atom stereocenters. The summed E-state index contributed by atoms with van der Waals surface area (Å²) < 4.78 is 19.2. The van der Waals surface area contributed by atoms with Crippen molar-refractivity contribution in [1.29, 1.82) is 0 Å². The van der Waals surface area contributed by atoms with Crippen LogP contribution in [0.5, 0.6) is 0 Å². The highest BCUT2D eigenvalue weighted by molar-refractivity contribution is 7.98. The fraction of sp³-hybridized carbons (Fsp3) is 0.118. The van der Waals surface area contributed by atoms with Crippen LogP contribution in [-0.4, -0.2) is 27.1 Å². The van der Waals surface area contributed by atoms with Crippen LogP contribution in [0.1, 0.15) is 16.1 Å². The Balaban J connectivity index is 1.98. The van der Waals surface area contributed by atoms with Gasteiger partial charge in [-0.1, -0.05) is 0 Å². The molecule has 1 amide bonds. The van der Waals surface area contributed by atoms with Gasteiger partial charge in [-0.05, 0) is 31.4 Å². The van der Waals surface area contributed by atoms with Gasteiger partial charge in [0.2, 0.25) is 0 Å². The number of nitro benzene ring substituents is 1. The number of aromatic nitrogens is 2. The van der Waals surface area contributed by atoms with E-state index in [-0.39, 0.29) is 16.9 Å². The molecule has 0 saturated carbocycles. The quantitative estimate of drug-likeness (QED) is 0.303. The Morgan fingerprint density at radius 1 is 1.33 bits per heavy atom. The zero-order valence-electron chi connectivity index (χ0n) is 14.2. The molecule has 2 aromatic heterocycles. The fourth-order valence-electron chi connectivity index (χ4n) is 2.38. The van der Waals surface area contributed by atoms with Crippen LogP contribution in [-0.2, 0) is 0 Å². The van der Waals surface area contributed by atoms with Crippen molar-refractivity contribution < 1.29 is 18.5 Å². The van der Waals surface area contributed by atoms with E-state index in [2.05, 4.69) is 15.3 Å². The Kier molecular flexibility index (Phi) is 5.17. The molecule has 0 saturated heterocycles. The maximum absolute atomic E-state index is 14.0. The molecule has 0 aliphatic rings. The number of halogens is 1. The van der Waals surface area contributed by atoms with Crippen LogP contribution < -0.4 is 5.32 Å². The molecule has 0 bridgehead atoms. The molecule has 10 heteroatoms. The SMILES string of the molecule is CSc1nc(-c2ccco2)nc(C)c1C(=O)Nc1cc([N+](=O)[O-])ccc1F. The molecule has 1 aromatic carbocycles. The highest BCUT2D eigenvalue weighted by Crippen LogP contribution is 2.27. The van der Waals surface area contributed by atoms with Crippen LogP contribution in [0.25, 0.3) is 11.6 Å². The van der Waals surface area contributed by atoms with Gasteiger partial charge in [0.15, 0.2) is 11.6 Å². The van der Waals surface area contributed by atoms with E-state index in [1.165, 1.54) is 18.0 Å². The van der Waals surface area contributed by atoms with E-state index in [0.29, 0.717) is 22.3 Å². The summed E-state index contributed by atoms with van der Waals surface area (Å²) >= 11 is 1.22. The zero-order chi connectivity index (χ0) is 19.6. The Hall–Kier alpha value is -3.27. The Morgan fingerprint density at radius 3 is 2.74 bits per heavy atom. The van der Waals surface area contributed by atoms with E-state index >= 15 is 0 Å². The van der Waals surface area contributed by atoms with Crippen molar-refractivity contribution in [2.45, 2.75) is 11.9 Å². The molecule has 3 rings (SSSR count). The van der Waals surface area contributed by atoms with Crippen LogP contribution in [0.15, 0.2) is 46.0 Å². The smallest absolute Gasteiger partial charge is 0.271 e. The summed E-state index contributed by atoms with van der Waals surface area (Å²) in [6.07, 6.45) is 3.22. The number of nitrogens with one attached hydrogen (secondary N) is 1. The van der Waals surface area contributed by atoms with Gasteiger partial charge in [0.05, 0.1) is 28.1 Å². The summed E-state index contributed by atoms with van der Waals surface area (Å²) in [6, 6.07) is 6.28. The highest BCUT2D eigenvalue weighted by Gasteiger charge is 2.21. The summed E-state index contributed by atoms with van der Waals surface area (Å²) in [6.45, 7) is 1.62. The first-order valence-corrected chi connectivity index (χ1v) is 8.85. The second kappa shape index (κ2) is 7.54. The van der Waals surface area contributed by atoms with Crippen molar-refractivity contribution in [1.82, 2.24) is 9.97 Å². The summed E-state index contributed by atoms with van der Waals surface area (Å²) in [5.41, 5.74) is -0.110. The van der Waals surface area contributed by atoms with Crippen molar-refractivity contribution in [3.63, 3.8) is 0 Å². The molecule has 3 aromatic rings. The third-order valence-electron chi connectivity index (χ3n) is 3.63. The number of nitrogens with zero attached hydrogens (tertiary/aromatic N) is 3. The van der Waals surface area contributed by atoms with Crippen molar-refractivity contribution in [2.24, 2.45) is 0 Å². The normalized spacial score (nSPS) is 10.6. The average molecular weight is 388 g/mol. The Labute approximate surface area is 157 Å². The number of thioether (sulfide) groups is 1. The molecular formula is C17H13FN4O4S. The van der Waals surface area contributed by atoms with Crippen molar-refractivity contribution >= 4 is 29.0 Å². The highest BCUT2D eigenvalue weighted by atomic mass is 32.2. The van der Waals surface area contributed by atoms with Gasteiger partial charge in [0.1, 0.15) is 10.8 Å². The van der Waals surface area contributed by atoms with Crippen molar-refractivity contribution in [2.75, 3.05) is 11.6 Å². The number of nitro groups is 1. The van der Waals surface area contributed by atoms with Crippen LogP contribution >= 0.6 is 11.8 Å². The number of rotatable bonds is 5. The molecule has 0 unspecified atom stereocenters. The van der Waals surface area contributed by atoms with Crippen LogP contribution in [0, 0.1) is 22.9 Å². The summed E-state index contributed by atoms with van der Waals surface area (Å²) in [5, 5.41) is 13.6. The van der Waals surface area contributed by atoms with Gasteiger partial charge < -0.3 is 9.73 Å². The molecule has 27 heavy (non-hydrogen) atoms. The molecule has 0 aliphatic heterocycles. The van der Waals surface area contributed by atoms with Crippen LogP contribution in [0.3, 0.4) is 0 Å². The fourth-order valence-corrected chi connectivity index (χ4v) is 3.00. The van der Waals surface area contributed by atoms with E-state index in [4.69, 9.17) is 4.42 Å². The molecule has 0 aliphatic carbocycles. The molecule has 8 nitrogen and oxygen atoms in total. The van der Waals surface area contributed by atoms with Crippen LogP contribution in [0.2, 0.25) is 0 Å². The van der Waals surface area contributed by atoms with Gasteiger partial charge in [-0.2, -0.15) is 0 Å². The minimum atomic E-state index is -0.787. The minimum Gasteiger partial charge on any atom is -0.461 e. The second-order valence-corrected chi connectivity index (χ2v) is 6.16. The lowest BCUT2D eigenvalue weighted by atomic mass is 10.2. The standard InChI is InChI=1S/C17H13FN4O4S/c1-9-14(17(27-2)21-15(19-9)13-4-3-7-26-13)16(23)20-12-8-10(22(24)25)5-6-11(12)18/h3-8H,1-2H3,(H,20,23). The number of aryl methyl sites for hydroxylation is 1. The Bertz CT molecular complexity index is 1020. The summed E-state index contributed by atoms with van der Waals surface area (Å²) in [7, 11) is 0. The van der Waals surface area contributed by atoms with Crippen molar-refractivity contribution in [3.05, 3.63) is 63.8 Å². The minimum absolute atomic E-state index is 0.156. The molecule has 1 N–H and O–H groups in total. The number of carbonyl (C=O) groups is 1. The molecular weight excluding hydrogens is 375 g/mol. The molecule has 2 heterocycles. The molecule has 0 radical (unpaired) electrons. The van der Waals surface area contributed by atoms with E-state index < -0.39 is 16.6 Å². The van der Waals surface area contributed by atoms with Gasteiger partial charge in [0.25, 0.3) is 11.6 Å². The monoisotopic (exact) mass is 388 g/mol. The largest absolute Gasteiger partial charge is 0.461 e. The number of anilines is 1. The number of benzene rings is 1. The van der Waals surface area contributed by atoms with Crippen molar-refractivity contribution in [3.8, 4) is 11.6 Å². The first-order valence-electron chi connectivity index (χ1n) is 7.62. The van der Waals surface area contributed by atoms with Gasteiger partial charge >= 0.3 is 0 Å². The number of amides is 1. The lowest BCUT2D eigenvalue weighted by Crippen LogP contribution is -2.17. The topological polar surface area (TPSA) is 111 Å². The lowest BCUT2D eigenvalue weighted by molar-refractivity contribution is -0.384. The molecule has 138 valence electrons. The maximum Gasteiger partial charge on any atom is 0.271 e. The Morgan fingerprint density at radius 2 is 2.11 bits per heavy atom. The second-order valence-electron chi connectivity index (χ2n) is 5.37. The van der Waals surface area contributed by atoms with E-state index in [1.807, 2.05) is 0 Å². The van der Waals surface area contributed by atoms with E-state index in [0.717, 1.165) is 18.2 Å². The summed E-state index contributed by atoms with van der Waals surface area (Å²) in [5.74, 6) is -0.683. The lowest BCUT2D eigenvalue weighted by Gasteiger charge is -2.12. The maximum atomic E-state index is 14.0. The van der Waals surface area contributed by atoms with Gasteiger partial charge in [-0.3, -0.25) is 14.9 Å². The average Bonchev–Trinajstić information content (AvgIpc) is 3.17. The van der Waals surface area contributed by atoms with Gasteiger partial charge in [-0.15, -0.1) is 11.8 Å². The number of furan rings is 1. The number of carbonyl (C=O) groups excluding carboxylic acids is 1. The molecule has 0 fully saturated rings. The van der Waals surface area contributed by atoms with E-state index in [9.17, 15) is 19.3 Å². The molecule has 0 spiro atoms. The third kappa shape index (κ3) is 3.80. The predicted octanol–water partition coefficient (Wildman–Crippen LogP) is 4.07. The zero-order valence-corrected chi connectivity index (χ0v) is 15.0. The number of hydrogen-bond donors (Lipinski definition) is 1. The van der Waals surface area contributed by atoms with Crippen LogP contribution in [0.4, 0.5) is 15.8 Å². The third-order valence-corrected chi connectivity index (χ3v) is 4.31. The predicted molar refractivity (Wildman–Crippen MR) is 97.3 cm³/mol. The van der Waals surface area contributed by atoms with Gasteiger partial charge in [0, 0.05) is 12.1 Å². The number of hydrogen-bond acceptors (Lipinski definition) is 7. The van der Waals surface area contributed by atoms with Gasteiger partial charge in [-0.25, -0.2) is 14.4 Å². The first kappa shape index (κ1) is 18.5. The number of non-ortho nitro benzene ring substituents is 1. The van der Waals surface area contributed by atoms with E-state index in [1.54, 1.807) is 25.3 Å².